The van der Waals surface area contributed by atoms with E-state index >= 15 is 0 Å². The highest BCUT2D eigenvalue weighted by molar-refractivity contribution is 7.22. The van der Waals surface area contributed by atoms with E-state index in [1.807, 2.05) is 30.3 Å². The molecule has 7 nitrogen and oxygen atoms in total. The standard InChI is InChI=1S/C20H16F3N3O4S/c21-20(22,23)12-8-14-17(15(9-12)26(29)30)31-19(24-18(14)28)25-7-6-13(16(27)10-25)11-4-2-1-3-5-11/h1-5,8-9,13,16,27H,6-7,10H2/t13-,16+/m0/s1. The van der Waals surface area contributed by atoms with Crippen molar-refractivity contribution in [1.82, 2.24) is 4.98 Å². The molecule has 2 heterocycles. The van der Waals surface area contributed by atoms with Crippen LogP contribution in [0.4, 0.5) is 24.0 Å². The fraction of sp³-hybridized carbons (Fsp3) is 0.300. The van der Waals surface area contributed by atoms with Gasteiger partial charge in [0.15, 0.2) is 5.13 Å². The first-order valence-corrected chi connectivity index (χ1v) is 10.1. The van der Waals surface area contributed by atoms with Crippen molar-refractivity contribution in [3.63, 3.8) is 0 Å². The number of nitrogens with zero attached hydrogens (tertiary/aromatic N) is 3. The molecule has 162 valence electrons. The molecule has 0 radical (unpaired) electrons. The Labute approximate surface area is 177 Å². The number of halogens is 3. The molecule has 0 unspecified atom stereocenters. The maximum absolute atomic E-state index is 13.1. The molecule has 1 aliphatic rings. The first-order chi connectivity index (χ1) is 14.6. The summed E-state index contributed by atoms with van der Waals surface area (Å²) < 4.78 is 39.1. The first-order valence-electron chi connectivity index (χ1n) is 9.33. The van der Waals surface area contributed by atoms with Crippen LogP contribution in [0, 0.1) is 10.1 Å². The van der Waals surface area contributed by atoms with E-state index in [0.717, 1.165) is 16.9 Å². The third-order valence-electron chi connectivity index (χ3n) is 5.29. The maximum atomic E-state index is 13.1. The summed E-state index contributed by atoms with van der Waals surface area (Å²) in [5, 5.41) is 21.7. The molecular weight excluding hydrogens is 435 g/mol. The van der Waals surface area contributed by atoms with Gasteiger partial charge in [-0.2, -0.15) is 18.2 Å². The van der Waals surface area contributed by atoms with E-state index in [9.17, 15) is 33.2 Å². The number of aliphatic hydroxyl groups excluding tert-OH is 1. The largest absolute Gasteiger partial charge is 0.416 e. The monoisotopic (exact) mass is 451 g/mol. The Hall–Kier alpha value is -3.05. The minimum Gasteiger partial charge on any atom is -0.391 e. The molecule has 0 aliphatic carbocycles. The third-order valence-corrected chi connectivity index (χ3v) is 6.46. The number of piperidine rings is 1. The van der Waals surface area contributed by atoms with E-state index in [-0.39, 0.29) is 22.3 Å². The van der Waals surface area contributed by atoms with E-state index in [2.05, 4.69) is 4.98 Å². The Kier molecular flexibility index (Phi) is 5.40. The van der Waals surface area contributed by atoms with Crippen molar-refractivity contribution in [2.45, 2.75) is 24.6 Å². The molecular formula is C20H16F3N3O4S. The molecule has 3 aromatic rings. The lowest BCUT2D eigenvalue weighted by atomic mass is 9.87. The number of hydrogen-bond acceptors (Lipinski definition) is 7. The minimum atomic E-state index is -4.84. The number of rotatable bonds is 3. The fourth-order valence-electron chi connectivity index (χ4n) is 3.77. The van der Waals surface area contributed by atoms with Gasteiger partial charge in [-0.25, -0.2) is 0 Å². The molecule has 0 spiro atoms. The van der Waals surface area contributed by atoms with Crippen molar-refractivity contribution in [2.75, 3.05) is 18.0 Å². The van der Waals surface area contributed by atoms with E-state index in [1.165, 1.54) is 0 Å². The molecule has 0 saturated carbocycles. The third kappa shape index (κ3) is 4.10. The maximum Gasteiger partial charge on any atom is 0.416 e. The Balaban J connectivity index is 1.72. The lowest BCUT2D eigenvalue weighted by molar-refractivity contribution is -0.383. The number of nitro groups is 1. The van der Waals surface area contributed by atoms with Crippen molar-refractivity contribution in [2.24, 2.45) is 0 Å². The number of β-amino-alcohol motifs (C(OH)–C–C–N with tert-alkyl or cyclic N) is 1. The summed E-state index contributed by atoms with van der Waals surface area (Å²) in [7, 11) is 0. The highest BCUT2D eigenvalue weighted by Gasteiger charge is 2.35. The number of alkyl halides is 3. The van der Waals surface area contributed by atoms with Crippen molar-refractivity contribution in [3.8, 4) is 0 Å². The van der Waals surface area contributed by atoms with Gasteiger partial charge in [0.2, 0.25) is 0 Å². The Morgan fingerprint density at radius 1 is 1.23 bits per heavy atom. The van der Waals surface area contributed by atoms with E-state index < -0.39 is 39.4 Å². The number of non-ortho nitro benzene ring substituents is 1. The Bertz CT molecular complexity index is 1200. The molecule has 31 heavy (non-hydrogen) atoms. The molecule has 0 amide bonds. The Morgan fingerprint density at radius 2 is 1.94 bits per heavy atom. The number of hydrogen-bond donors (Lipinski definition) is 1. The van der Waals surface area contributed by atoms with Gasteiger partial charge in [0.25, 0.3) is 11.2 Å². The van der Waals surface area contributed by atoms with Crippen molar-refractivity contribution in [1.29, 1.82) is 0 Å². The van der Waals surface area contributed by atoms with Crippen LogP contribution < -0.4 is 10.5 Å². The van der Waals surface area contributed by atoms with Gasteiger partial charge in [-0.15, -0.1) is 0 Å². The van der Waals surface area contributed by atoms with E-state index in [0.29, 0.717) is 25.1 Å². The Morgan fingerprint density at radius 3 is 2.55 bits per heavy atom. The second-order valence-corrected chi connectivity index (χ2v) is 8.23. The van der Waals surface area contributed by atoms with Gasteiger partial charge < -0.3 is 10.0 Å². The van der Waals surface area contributed by atoms with E-state index in [4.69, 9.17) is 0 Å². The summed E-state index contributed by atoms with van der Waals surface area (Å²) >= 11 is 0.776. The lowest BCUT2D eigenvalue weighted by Gasteiger charge is -2.36. The molecule has 1 aromatic heterocycles. The van der Waals surface area contributed by atoms with Gasteiger partial charge in [0.1, 0.15) is 4.70 Å². The molecule has 2 aromatic carbocycles. The predicted molar refractivity (Wildman–Crippen MR) is 110 cm³/mol. The van der Waals surface area contributed by atoms with Crippen molar-refractivity contribution in [3.05, 3.63) is 74.1 Å². The summed E-state index contributed by atoms with van der Waals surface area (Å²) in [5.74, 6) is -0.113. The topological polar surface area (TPSA) is 96.6 Å². The second-order valence-electron chi connectivity index (χ2n) is 7.25. The predicted octanol–water partition coefficient (Wildman–Crippen LogP) is 3.94. The summed E-state index contributed by atoms with van der Waals surface area (Å²) in [6.07, 6.45) is -5.04. The molecule has 1 aliphatic heterocycles. The molecule has 0 bridgehead atoms. The number of nitro benzene ring substituents is 1. The first kappa shape index (κ1) is 21.2. The average molecular weight is 451 g/mol. The lowest BCUT2D eigenvalue weighted by Crippen LogP contribution is -2.43. The van der Waals surface area contributed by atoms with Gasteiger partial charge in [-0.1, -0.05) is 41.7 Å². The van der Waals surface area contributed by atoms with Crippen LogP contribution in [0.25, 0.3) is 10.1 Å². The average Bonchev–Trinajstić information content (AvgIpc) is 2.72. The molecule has 2 atom stereocenters. The quantitative estimate of drug-likeness (QED) is 0.479. The van der Waals surface area contributed by atoms with Crippen LogP contribution in [0.1, 0.15) is 23.5 Å². The van der Waals surface area contributed by atoms with Gasteiger partial charge in [-0.3, -0.25) is 14.9 Å². The second kappa shape index (κ2) is 7.89. The van der Waals surface area contributed by atoms with Crippen LogP contribution in [-0.4, -0.2) is 34.2 Å². The van der Waals surface area contributed by atoms with Crippen LogP contribution in [0.3, 0.4) is 0 Å². The summed E-state index contributed by atoms with van der Waals surface area (Å²) in [4.78, 5) is 28.5. The van der Waals surface area contributed by atoms with Crippen molar-refractivity contribution < 1.29 is 23.2 Å². The summed E-state index contributed by atoms with van der Waals surface area (Å²) in [5.41, 5.74) is -2.07. The zero-order chi connectivity index (χ0) is 22.3. The molecule has 1 N–H and O–H groups in total. The van der Waals surface area contributed by atoms with Gasteiger partial charge in [0, 0.05) is 25.1 Å². The van der Waals surface area contributed by atoms with Crippen LogP contribution in [0.5, 0.6) is 0 Å². The van der Waals surface area contributed by atoms with Gasteiger partial charge in [-0.05, 0) is 18.1 Å². The zero-order valence-corrected chi connectivity index (χ0v) is 16.7. The molecule has 11 heteroatoms. The molecule has 1 fully saturated rings. The van der Waals surface area contributed by atoms with Crippen LogP contribution >= 0.6 is 11.3 Å². The SMILES string of the molecule is O=c1nc(N2CC[C@@H](c3ccccc3)[C@H](O)C2)sc2c([N+](=O)[O-])cc(C(F)(F)F)cc12. The summed E-state index contributed by atoms with van der Waals surface area (Å²) in [6.45, 7) is 0.571. The highest BCUT2D eigenvalue weighted by atomic mass is 32.1. The number of anilines is 1. The number of fused-ring (bicyclic) bond motifs is 1. The smallest absolute Gasteiger partial charge is 0.391 e. The normalized spacial score (nSPS) is 19.5. The van der Waals surface area contributed by atoms with Crippen LogP contribution in [0.15, 0.2) is 47.3 Å². The number of benzene rings is 2. The number of aliphatic hydroxyl groups is 1. The van der Waals surface area contributed by atoms with Gasteiger partial charge >= 0.3 is 6.18 Å². The summed E-state index contributed by atoms with van der Waals surface area (Å²) in [6, 6.07) is 10.5. The van der Waals surface area contributed by atoms with Crippen LogP contribution in [0.2, 0.25) is 0 Å². The van der Waals surface area contributed by atoms with Crippen molar-refractivity contribution >= 4 is 32.2 Å². The highest BCUT2D eigenvalue weighted by Crippen LogP contribution is 2.39. The molecule has 4 rings (SSSR count). The zero-order valence-electron chi connectivity index (χ0n) is 15.9. The fourth-order valence-corrected chi connectivity index (χ4v) is 4.87. The number of aromatic nitrogens is 1. The van der Waals surface area contributed by atoms with Gasteiger partial charge in [0.05, 0.1) is 22.0 Å². The minimum absolute atomic E-state index is 0.113. The molecule has 1 saturated heterocycles. The van der Waals surface area contributed by atoms with E-state index in [1.54, 1.807) is 4.90 Å². The van der Waals surface area contributed by atoms with Crippen LogP contribution in [-0.2, 0) is 6.18 Å².